The number of hydrogen-bond acceptors (Lipinski definition) is 1. The monoisotopic (exact) mass is 154 g/mol. The van der Waals surface area contributed by atoms with Crippen molar-refractivity contribution in [2.75, 3.05) is 0 Å². The number of halogens is 1. The van der Waals surface area contributed by atoms with Crippen LogP contribution in [-0.4, -0.2) is 0 Å². The van der Waals surface area contributed by atoms with E-state index in [0.29, 0.717) is 6.42 Å². The van der Waals surface area contributed by atoms with Crippen LogP contribution in [0.15, 0.2) is 30.3 Å². The molecule has 0 aliphatic carbocycles. The average Bonchev–Trinajstić information content (AvgIpc) is 2.09. The lowest BCUT2D eigenvalue weighted by molar-refractivity contribution is -0.182. The predicted octanol–water partition coefficient (Wildman–Crippen LogP) is 3.04. The van der Waals surface area contributed by atoms with Crippen molar-refractivity contribution < 1.29 is 9.47 Å². The van der Waals surface area contributed by atoms with Crippen molar-refractivity contribution in [2.24, 2.45) is 0 Å². The molecule has 0 aliphatic rings. The highest BCUT2D eigenvalue weighted by molar-refractivity contribution is 5.17. The van der Waals surface area contributed by atoms with Crippen LogP contribution >= 0.6 is 0 Å². The fourth-order valence-electron chi connectivity index (χ4n) is 1.02. The van der Waals surface area contributed by atoms with Crippen molar-refractivity contribution in [2.45, 2.75) is 19.4 Å². The van der Waals surface area contributed by atoms with Crippen LogP contribution in [0, 0.1) is 0 Å². The van der Waals surface area contributed by atoms with Gasteiger partial charge in [-0.05, 0) is 16.5 Å². The van der Waals surface area contributed by atoms with Gasteiger partial charge in [-0.15, -0.1) is 0 Å². The van der Waals surface area contributed by atoms with E-state index in [1.165, 1.54) is 0 Å². The molecule has 1 aromatic rings. The second-order valence-corrected chi connectivity index (χ2v) is 2.40. The van der Waals surface area contributed by atoms with Gasteiger partial charge in [0.2, 0.25) is 0 Å². The van der Waals surface area contributed by atoms with Crippen LogP contribution in [0.5, 0.6) is 0 Å². The Morgan fingerprint density at radius 2 is 2.00 bits per heavy atom. The second-order valence-electron chi connectivity index (χ2n) is 2.40. The van der Waals surface area contributed by atoms with Gasteiger partial charge in [0.05, 0.1) is 0 Å². The topological polar surface area (TPSA) is 9.23 Å². The van der Waals surface area contributed by atoms with Crippen molar-refractivity contribution in [3.05, 3.63) is 35.9 Å². The smallest absolute Gasteiger partial charge is 0.123 e. The molecule has 0 fully saturated rings. The Bertz CT molecular complexity index is 194. The zero-order valence-electron chi connectivity index (χ0n) is 6.46. The minimum absolute atomic E-state index is 0.406. The molecule has 1 nitrogen and oxygen atoms in total. The first-order valence-corrected chi connectivity index (χ1v) is 3.70. The molecule has 1 unspecified atom stereocenters. The SMILES string of the molecule is CCC(OF)c1ccccc1. The highest BCUT2D eigenvalue weighted by atomic mass is 19.3. The van der Waals surface area contributed by atoms with Crippen LogP contribution in [0.4, 0.5) is 4.53 Å². The minimum atomic E-state index is -0.406. The maximum absolute atomic E-state index is 11.8. The molecule has 0 bridgehead atoms. The first-order chi connectivity index (χ1) is 5.38. The number of hydrogen-bond donors (Lipinski definition) is 0. The van der Waals surface area contributed by atoms with E-state index in [9.17, 15) is 4.53 Å². The molecule has 0 saturated carbocycles. The van der Waals surface area contributed by atoms with Crippen LogP contribution in [0.3, 0.4) is 0 Å². The van der Waals surface area contributed by atoms with Gasteiger partial charge in [0.25, 0.3) is 0 Å². The van der Waals surface area contributed by atoms with E-state index >= 15 is 0 Å². The maximum atomic E-state index is 11.8. The van der Waals surface area contributed by atoms with Gasteiger partial charge in [0, 0.05) is 0 Å². The van der Waals surface area contributed by atoms with E-state index < -0.39 is 6.10 Å². The quantitative estimate of drug-likeness (QED) is 0.650. The fourth-order valence-corrected chi connectivity index (χ4v) is 1.02. The summed E-state index contributed by atoms with van der Waals surface area (Å²) < 4.78 is 11.8. The van der Waals surface area contributed by atoms with Crippen LogP contribution in [0.25, 0.3) is 0 Å². The van der Waals surface area contributed by atoms with Gasteiger partial charge < -0.3 is 0 Å². The normalized spacial score (nSPS) is 12.9. The molecule has 0 saturated heterocycles. The van der Waals surface area contributed by atoms with E-state index in [2.05, 4.69) is 4.94 Å². The summed E-state index contributed by atoms with van der Waals surface area (Å²) in [5.74, 6) is 0. The molecule has 0 spiro atoms. The molecule has 0 aliphatic heterocycles. The number of benzene rings is 1. The molecule has 0 amide bonds. The van der Waals surface area contributed by atoms with Gasteiger partial charge in [-0.2, -0.15) is 4.94 Å². The van der Waals surface area contributed by atoms with Gasteiger partial charge in [-0.25, -0.2) is 0 Å². The molecular weight excluding hydrogens is 143 g/mol. The minimum Gasteiger partial charge on any atom is -0.186 e. The third-order valence-electron chi connectivity index (χ3n) is 1.65. The Morgan fingerprint density at radius 1 is 1.36 bits per heavy atom. The van der Waals surface area contributed by atoms with Crippen molar-refractivity contribution in [1.82, 2.24) is 0 Å². The van der Waals surface area contributed by atoms with E-state index in [4.69, 9.17) is 0 Å². The molecule has 1 rings (SSSR count). The third kappa shape index (κ3) is 2.02. The lowest BCUT2D eigenvalue weighted by atomic mass is 10.1. The second kappa shape index (κ2) is 4.09. The molecule has 2 heteroatoms. The molecular formula is C9H11FO. The molecule has 11 heavy (non-hydrogen) atoms. The molecule has 1 aromatic carbocycles. The van der Waals surface area contributed by atoms with Crippen molar-refractivity contribution in [1.29, 1.82) is 0 Å². The summed E-state index contributed by atoms with van der Waals surface area (Å²) in [6, 6.07) is 9.35. The summed E-state index contributed by atoms with van der Waals surface area (Å²) in [6.45, 7) is 1.89. The Hall–Kier alpha value is -0.890. The van der Waals surface area contributed by atoms with E-state index in [1.54, 1.807) is 0 Å². The predicted molar refractivity (Wildman–Crippen MR) is 41.7 cm³/mol. The Balaban J connectivity index is 2.74. The maximum Gasteiger partial charge on any atom is 0.123 e. The average molecular weight is 154 g/mol. The molecule has 0 N–H and O–H groups in total. The first-order valence-electron chi connectivity index (χ1n) is 3.70. The largest absolute Gasteiger partial charge is 0.186 e. The summed E-state index contributed by atoms with van der Waals surface area (Å²) in [7, 11) is 0. The zero-order valence-corrected chi connectivity index (χ0v) is 6.46. The standard InChI is InChI=1S/C9H11FO/c1-2-9(11-10)8-6-4-3-5-7-8/h3-7,9H,2H2,1H3. The van der Waals surface area contributed by atoms with E-state index in [1.807, 2.05) is 37.3 Å². The fraction of sp³-hybridized carbons (Fsp3) is 0.333. The molecule has 0 aromatic heterocycles. The van der Waals surface area contributed by atoms with Gasteiger partial charge in [0.1, 0.15) is 6.10 Å². The Morgan fingerprint density at radius 3 is 2.45 bits per heavy atom. The van der Waals surface area contributed by atoms with Crippen LogP contribution in [0.1, 0.15) is 25.0 Å². The van der Waals surface area contributed by atoms with Gasteiger partial charge >= 0.3 is 0 Å². The van der Waals surface area contributed by atoms with Crippen LogP contribution in [0.2, 0.25) is 0 Å². The third-order valence-corrected chi connectivity index (χ3v) is 1.65. The van der Waals surface area contributed by atoms with Crippen molar-refractivity contribution in [3.63, 3.8) is 0 Å². The summed E-state index contributed by atoms with van der Waals surface area (Å²) >= 11 is 0. The van der Waals surface area contributed by atoms with Gasteiger partial charge in [-0.1, -0.05) is 37.3 Å². The lowest BCUT2D eigenvalue weighted by Crippen LogP contribution is -1.95. The highest BCUT2D eigenvalue weighted by Crippen LogP contribution is 2.20. The first kappa shape index (κ1) is 8.21. The highest BCUT2D eigenvalue weighted by Gasteiger charge is 2.08. The summed E-state index contributed by atoms with van der Waals surface area (Å²) in [6.07, 6.45) is 0.247. The van der Waals surface area contributed by atoms with Gasteiger partial charge in [-0.3, -0.25) is 0 Å². The number of rotatable bonds is 3. The zero-order chi connectivity index (χ0) is 8.10. The van der Waals surface area contributed by atoms with Crippen molar-refractivity contribution in [3.8, 4) is 0 Å². The Labute approximate surface area is 65.7 Å². The van der Waals surface area contributed by atoms with Gasteiger partial charge in [0.15, 0.2) is 0 Å². The lowest BCUT2D eigenvalue weighted by Gasteiger charge is -2.08. The molecule has 60 valence electrons. The molecule has 0 radical (unpaired) electrons. The molecule has 0 heterocycles. The van der Waals surface area contributed by atoms with Crippen LogP contribution in [-0.2, 0) is 4.94 Å². The summed E-state index contributed by atoms with van der Waals surface area (Å²) in [5, 5.41) is 0. The van der Waals surface area contributed by atoms with Crippen LogP contribution < -0.4 is 0 Å². The van der Waals surface area contributed by atoms with E-state index in [0.717, 1.165) is 5.56 Å². The summed E-state index contributed by atoms with van der Waals surface area (Å²) in [4.78, 5) is 3.79. The van der Waals surface area contributed by atoms with E-state index in [-0.39, 0.29) is 0 Å². The Kier molecular flexibility index (Phi) is 3.05. The molecule has 1 atom stereocenters. The van der Waals surface area contributed by atoms with Crippen molar-refractivity contribution >= 4 is 0 Å². The summed E-state index contributed by atoms with van der Waals surface area (Å²) in [5.41, 5.74) is 0.887.